The van der Waals surface area contributed by atoms with Crippen LogP contribution in [0.3, 0.4) is 0 Å². The predicted octanol–water partition coefficient (Wildman–Crippen LogP) is 2.33. The highest BCUT2D eigenvalue weighted by Crippen LogP contribution is 2.26. The van der Waals surface area contributed by atoms with Crippen molar-refractivity contribution in [1.82, 2.24) is 9.97 Å². The first-order valence-corrected chi connectivity index (χ1v) is 5.95. The first kappa shape index (κ1) is 11.7. The van der Waals surface area contributed by atoms with Gasteiger partial charge in [-0.25, -0.2) is 14.4 Å². The first-order valence-electron chi connectivity index (χ1n) is 5.57. The lowest BCUT2D eigenvalue weighted by Crippen LogP contribution is -2.29. The summed E-state index contributed by atoms with van der Waals surface area (Å²) < 4.78 is 13.4. The minimum absolute atomic E-state index is 0.108. The molecule has 0 aromatic carbocycles. The van der Waals surface area contributed by atoms with Gasteiger partial charge in [0.05, 0.1) is 11.9 Å². The van der Waals surface area contributed by atoms with Gasteiger partial charge in [0, 0.05) is 6.04 Å². The molecule has 0 spiro atoms. The molecule has 0 saturated heterocycles. The third kappa shape index (κ3) is 2.89. The Morgan fingerprint density at radius 1 is 1.50 bits per heavy atom. The molecule has 1 saturated carbocycles. The highest BCUT2D eigenvalue weighted by Gasteiger charge is 2.21. The van der Waals surface area contributed by atoms with E-state index in [1.165, 1.54) is 0 Å². The van der Waals surface area contributed by atoms with Gasteiger partial charge in [0.25, 0.3) is 0 Å². The largest absolute Gasteiger partial charge is 0.328 e. The van der Waals surface area contributed by atoms with Crippen molar-refractivity contribution in [3.63, 3.8) is 0 Å². The average Bonchev–Trinajstić information content (AvgIpc) is 2.24. The Morgan fingerprint density at radius 2 is 2.31 bits per heavy atom. The normalized spacial score (nSPS) is 25.7. The molecule has 0 aliphatic heterocycles. The summed E-state index contributed by atoms with van der Waals surface area (Å²) in [5, 5.41) is 0.108. The van der Waals surface area contributed by atoms with Gasteiger partial charge in [0.1, 0.15) is 0 Å². The van der Waals surface area contributed by atoms with Gasteiger partial charge in [0.2, 0.25) is 5.28 Å². The zero-order valence-electron chi connectivity index (χ0n) is 9.00. The number of hydrogen-bond donors (Lipinski definition) is 1. The molecule has 2 N–H and O–H groups in total. The zero-order valence-corrected chi connectivity index (χ0v) is 9.75. The molecule has 88 valence electrons. The fourth-order valence-corrected chi connectivity index (χ4v) is 2.46. The van der Waals surface area contributed by atoms with Crippen LogP contribution >= 0.6 is 11.6 Å². The van der Waals surface area contributed by atoms with Crippen LogP contribution in [0.2, 0.25) is 5.28 Å². The lowest BCUT2D eigenvalue weighted by molar-refractivity contribution is 0.316. The fourth-order valence-electron chi connectivity index (χ4n) is 2.31. The molecule has 0 unspecified atom stereocenters. The highest BCUT2D eigenvalue weighted by molar-refractivity contribution is 6.28. The Balaban J connectivity index is 2.05. The second-order valence-electron chi connectivity index (χ2n) is 4.43. The van der Waals surface area contributed by atoms with Crippen molar-refractivity contribution in [3.05, 3.63) is 23.0 Å². The zero-order chi connectivity index (χ0) is 11.5. The van der Waals surface area contributed by atoms with E-state index in [2.05, 4.69) is 9.97 Å². The number of nitrogens with zero attached hydrogens (tertiary/aromatic N) is 2. The second-order valence-corrected chi connectivity index (χ2v) is 4.77. The van der Waals surface area contributed by atoms with Crippen LogP contribution in [0.25, 0.3) is 0 Å². The van der Waals surface area contributed by atoms with Crippen molar-refractivity contribution in [2.45, 2.75) is 38.1 Å². The van der Waals surface area contributed by atoms with Crippen LogP contribution in [0.15, 0.2) is 6.20 Å². The van der Waals surface area contributed by atoms with E-state index >= 15 is 0 Å². The van der Waals surface area contributed by atoms with Crippen molar-refractivity contribution in [1.29, 1.82) is 0 Å². The van der Waals surface area contributed by atoms with E-state index in [1.54, 1.807) is 0 Å². The Labute approximate surface area is 99.2 Å². The maximum atomic E-state index is 13.4. The Bertz CT molecular complexity index is 372. The van der Waals surface area contributed by atoms with Crippen LogP contribution in [-0.2, 0) is 6.42 Å². The summed E-state index contributed by atoms with van der Waals surface area (Å²) in [6.45, 7) is 0. The molecule has 2 rings (SSSR count). The van der Waals surface area contributed by atoms with Crippen LogP contribution in [-0.4, -0.2) is 16.0 Å². The van der Waals surface area contributed by atoms with E-state index in [4.69, 9.17) is 17.3 Å². The summed E-state index contributed by atoms with van der Waals surface area (Å²) in [6, 6.07) is 0.249. The van der Waals surface area contributed by atoms with Gasteiger partial charge in [-0.3, -0.25) is 0 Å². The SMILES string of the molecule is N[C@H]1CCC[C@@H](Cc2nc(Cl)ncc2F)C1. The summed E-state index contributed by atoms with van der Waals surface area (Å²) in [6.07, 6.45) is 5.97. The smallest absolute Gasteiger partial charge is 0.222 e. The van der Waals surface area contributed by atoms with E-state index in [0.717, 1.165) is 31.9 Å². The van der Waals surface area contributed by atoms with Crippen molar-refractivity contribution in [2.24, 2.45) is 11.7 Å². The van der Waals surface area contributed by atoms with Crippen LogP contribution in [0, 0.1) is 11.7 Å². The number of hydrogen-bond acceptors (Lipinski definition) is 3. The molecule has 0 amide bonds. The van der Waals surface area contributed by atoms with Crippen molar-refractivity contribution in [3.8, 4) is 0 Å². The van der Waals surface area contributed by atoms with Gasteiger partial charge in [-0.15, -0.1) is 0 Å². The van der Waals surface area contributed by atoms with Crippen molar-refractivity contribution >= 4 is 11.6 Å². The molecule has 1 fully saturated rings. The van der Waals surface area contributed by atoms with Gasteiger partial charge >= 0.3 is 0 Å². The Morgan fingerprint density at radius 3 is 3.06 bits per heavy atom. The monoisotopic (exact) mass is 243 g/mol. The van der Waals surface area contributed by atoms with Gasteiger partial charge < -0.3 is 5.73 Å². The average molecular weight is 244 g/mol. The number of halogens is 2. The molecule has 1 aromatic rings. The van der Waals surface area contributed by atoms with E-state index in [9.17, 15) is 4.39 Å². The molecule has 1 aliphatic rings. The van der Waals surface area contributed by atoms with Gasteiger partial charge in [-0.05, 0) is 43.2 Å². The lowest BCUT2D eigenvalue weighted by atomic mass is 9.83. The van der Waals surface area contributed by atoms with Crippen LogP contribution in [0.5, 0.6) is 0 Å². The second kappa shape index (κ2) is 5.06. The van der Waals surface area contributed by atoms with Crippen LogP contribution in [0.4, 0.5) is 4.39 Å². The maximum absolute atomic E-state index is 13.4. The van der Waals surface area contributed by atoms with Crippen molar-refractivity contribution < 1.29 is 4.39 Å². The summed E-state index contributed by atoms with van der Waals surface area (Å²) in [7, 11) is 0. The highest BCUT2D eigenvalue weighted by atomic mass is 35.5. The van der Waals surface area contributed by atoms with Gasteiger partial charge in [0.15, 0.2) is 5.82 Å². The third-order valence-corrected chi connectivity index (χ3v) is 3.27. The van der Waals surface area contributed by atoms with E-state index in [0.29, 0.717) is 18.0 Å². The molecule has 5 heteroatoms. The van der Waals surface area contributed by atoms with Crippen LogP contribution < -0.4 is 5.73 Å². The van der Waals surface area contributed by atoms with Crippen LogP contribution in [0.1, 0.15) is 31.4 Å². The molecule has 1 aromatic heterocycles. The molecule has 0 bridgehead atoms. The molecule has 1 aliphatic carbocycles. The van der Waals surface area contributed by atoms with E-state index in [-0.39, 0.29) is 17.1 Å². The van der Waals surface area contributed by atoms with Gasteiger partial charge in [-0.1, -0.05) is 6.42 Å². The third-order valence-electron chi connectivity index (χ3n) is 3.09. The number of nitrogens with two attached hydrogens (primary N) is 1. The Kier molecular flexibility index (Phi) is 3.71. The molecule has 16 heavy (non-hydrogen) atoms. The summed E-state index contributed by atoms with van der Waals surface area (Å²) in [5.74, 6) is 0.0489. The molecular weight excluding hydrogens is 229 g/mol. The van der Waals surface area contributed by atoms with E-state index in [1.807, 2.05) is 0 Å². The molecule has 0 radical (unpaired) electrons. The fraction of sp³-hybridized carbons (Fsp3) is 0.636. The van der Waals surface area contributed by atoms with Crippen molar-refractivity contribution in [2.75, 3.05) is 0 Å². The number of rotatable bonds is 2. The summed E-state index contributed by atoms with van der Waals surface area (Å²) in [5.41, 5.74) is 6.31. The minimum Gasteiger partial charge on any atom is -0.328 e. The summed E-state index contributed by atoms with van der Waals surface area (Å²) >= 11 is 5.65. The quantitative estimate of drug-likeness (QED) is 0.812. The Hall–Kier alpha value is -0.740. The summed E-state index contributed by atoms with van der Waals surface area (Å²) in [4.78, 5) is 7.53. The topological polar surface area (TPSA) is 51.8 Å². The minimum atomic E-state index is -0.372. The first-order chi connectivity index (χ1) is 7.65. The maximum Gasteiger partial charge on any atom is 0.222 e. The molecule has 1 heterocycles. The lowest BCUT2D eigenvalue weighted by Gasteiger charge is -2.26. The number of aromatic nitrogens is 2. The van der Waals surface area contributed by atoms with Gasteiger partial charge in [-0.2, -0.15) is 0 Å². The molecule has 3 nitrogen and oxygen atoms in total. The molecular formula is C11H15ClFN3. The molecule has 2 atom stereocenters. The standard InChI is InChI=1S/C11H15ClFN3/c12-11-15-6-9(13)10(16-11)5-7-2-1-3-8(14)4-7/h6-8H,1-5,14H2/t7-,8+/m1/s1. The predicted molar refractivity (Wildman–Crippen MR) is 60.6 cm³/mol. The van der Waals surface area contributed by atoms with E-state index < -0.39 is 0 Å².